The highest BCUT2D eigenvalue weighted by Crippen LogP contribution is 2.07. The fourth-order valence-electron chi connectivity index (χ4n) is 2.35. The van der Waals surface area contributed by atoms with E-state index in [-0.39, 0.29) is 19.8 Å². The summed E-state index contributed by atoms with van der Waals surface area (Å²) in [6.07, 6.45) is 0.896. The van der Waals surface area contributed by atoms with Crippen molar-refractivity contribution in [2.45, 2.75) is 6.23 Å². The maximum absolute atomic E-state index is 11.4. The first-order valence-electron chi connectivity index (χ1n) is 10.5. The maximum atomic E-state index is 11.4. The van der Waals surface area contributed by atoms with E-state index >= 15 is 0 Å². The van der Waals surface area contributed by atoms with Gasteiger partial charge in [-0.05, 0) is 0 Å². The number of hydrogen-bond donors (Lipinski definition) is 2. The summed E-state index contributed by atoms with van der Waals surface area (Å²) in [5.41, 5.74) is 0. The molecule has 1 unspecified atom stereocenters. The third-order valence-corrected chi connectivity index (χ3v) is 3.88. The van der Waals surface area contributed by atoms with E-state index in [2.05, 4.69) is 0 Å². The van der Waals surface area contributed by atoms with Gasteiger partial charge in [0.2, 0.25) is 0 Å². The standard InChI is InChI=1S/C20H35NO11/c22-3-4-26-5-6-27-7-8-28-9-10-29-11-12-30-13-14-31-15-16-32-17-20(25)21-18(23)1-2-19(21)24/h1-2,20,22,25H,3-17H2. The van der Waals surface area contributed by atoms with Crippen molar-refractivity contribution < 1.29 is 53.0 Å². The van der Waals surface area contributed by atoms with Gasteiger partial charge in [-0.2, -0.15) is 0 Å². The van der Waals surface area contributed by atoms with Gasteiger partial charge in [-0.3, -0.25) is 9.59 Å². The van der Waals surface area contributed by atoms with E-state index < -0.39 is 18.0 Å². The van der Waals surface area contributed by atoms with E-state index in [1.54, 1.807) is 0 Å². The number of aliphatic hydroxyl groups is 2. The van der Waals surface area contributed by atoms with Crippen LogP contribution in [0, 0.1) is 0 Å². The van der Waals surface area contributed by atoms with Crippen LogP contribution in [0.4, 0.5) is 0 Å². The van der Waals surface area contributed by atoms with Crippen LogP contribution in [0.5, 0.6) is 0 Å². The molecule has 2 amide bonds. The molecule has 0 aliphatic carbocycles. The van der Waals surface area contributed by atoms with Crippen LogP contribution in [0.25, 0.3) is 0 Å². The van der Waals surface area contributed by atoms with Crippen molar-refractivity contribution in [2.24, 2.45) is 0 Å². The number of carbonyl (C=O) groups excluding carboxylic acids is 2. The number of rotatable bonds is 23. The molecule has 1 aliphatic heterocycles. The summed E-state index contributed by atoms with van der Waals surface area (Å²) >= 11 is 0. The first-order valence-corrected chi connectivity index (χ1v) is 10.5. The molecule has 2 N–H and O–H groups in total. The highest BCUT2D eigenvalue weighted by atomic mass is 16.6. The van der Waals surface area contributed by atoms with Crippen molar-refractivity contribution in [3.63, 3.8) is 0 Å². The molecule has 186 valence electrons. The van der Waals surface area contributed by atoms with Crippen LogP contribution >= 0.6 is 0 Å². The van der Waals surface area contributed by atoms with Crippen LogP contribution in [0.15, 0.2) is 12.2 Å². The second-order valence-corrected chi connectivity index (χ2v) is 6.33. The fraction of sp³-hybridized carbons (Fsp3) is 0.800. The molecule has 1 atom stereocenters. The molecule has 1 aliphatic rings. The molecule has 0 aromatic carbocycles. The maximum Gasteiger partial charge on any atom is 0.255 e. The Hall–Kier alpha value is -1.48. The van der Waals surface area contributed by atoms with Gasteiger partial charge in [0.25, 0.3) is 11.8 Å². The summed E-state index contributed by atoms with van der Waals surface area (Å²) < 4.78 is 36.9. The highest BCUT2D eigenvalue weighted by molar-refractivity contribution is 6.13. The van der Waals surface area contributed by atoms with Crippen LogP contribution in [-0.2, 0) is 42.7 Å². The molecular weight excluding hydrogens is 430 g/mol. The summed E-state index contributed by atoms with van der Waals surface area (Å²) in [4.78, 5) is 23.5. The molecule has 1 rings (SSSR count). The van der Waals surface area contributed by atoms with Gasteiger partial charge in [0.1, 0.15) is 0 Å². The first kappa shape index (κ1) is 28.6. The molecule has 0 fully saturated rings. The van der Waals surface area contributed by atoms with Gasteiger partial charge in [0.05, 0.1) is 99.1 Å². The average molecular weight is 465 g/mol. The Labute approximate surface area is 187 Å². The van der Waals surface area contributed by atoms with Gasteiger partial charge < -0.3 is 43.4 Å². The first-order chi connectivity index (χ1) is 15.7. The second-order valence-electron chi connectivity index (χ2n) is 6.33. The zero-order valence-corrected chi connectivity index (χ0v) is 18.4. The largest absolute Gasteiger partial charge is 0.394 e. The number of aliphatic hydroxyl groups excluding tert-OH is 2. The SMILES string of the molecule is O=C1C=CC(=O)N1C(O)COCCOCCOCCOCCOCCOCCOCCO. The number of imide groups is 1. The quantitative estimate of drug-likeness (QED) is 0.132. The number of amides is 2. The number of carbonyl (C=O) groups is 2. The van der Waals surface area contributed by atoms with Gasteiger partial charge in [0.15, 0.2) is 6.23 Å². The summed E-state index contributed by atoms with van der Waals surface area (Å²) in [6.45, 7) is 5.17. The van der Waals surface area contributed by atoms with Crippen LogP contribution in [-0.4, -0.2) is 132 Å². The predicted molar refractivity (Wildman–Crippen MR) is 110 cm³/mol. The molecule has 12 nitrogen and oxygen atoms in total. The van der Waals surface area contributed by atoms with E-state index in [4.69, 9.17) is 38.3 Å². The topological polar surface area (TPSA) is 142 Å². The smallest absolute Gasteiger partial charge is 0.255 e. The van der Waals surface area contributed by atoms with E-state index in [0.29, 0.717) is 79.3 Å². The van der Waals surface area contributed by atoms with Crippen LogP contribution in [0.2, 0.25) is 0 Å². The molecule has 32 heavy (non-hydrogen) atoms. The Kier molecular flexibility index (Phi) is 18.0. The van der Waals surface area contributed by atoms with Gasteiger partial charge in [-0.25, -0.2) is 4.90 Å². The molecule has 0 saturated carbocycles. The van der Waals surface area contributed by atoms with Gasteiger partial charge in [-0.1, -0.05) is 0 Å². The highest BCUT2D eigenvalue weighted by Gasteiger charge is 2.29. The van der Waals surface area contributed by atoms with E-state index in [0.717, 1.165) is 17.1 Å². The molecule has 0 radical (unpaired) electrons. The van der Waals surface area contributed by atoms with Crippen LogP contribution in [0.3, 0.4) is 0 Å². The Balaban J connectivity index is 1.73. The van der Waals surface area contributed by atoms with Gasteiger partial charge >= 0.3 is 0 Å². The molecule has 0 aromatic rings. The summed E-state index contributed by atoms with van der Waals surface area (Å²) in [7, 11) is 0. The Bertz CT molecular complexity index is 500. The zero-order chi connectivity index (χ0) is 23.3. The van der Waals surface area contributed by atoms with Gasteiger partial charge in [0, 0.05) is 12.2 Å². The normalized spacial score (nSPS) is 14.6. The number of hydrogen-bond acceptors (Lipinski definition) is 11. The zero-order valence-electron chi connectivity index (χ0n) is 18.4. The number of nitrogens with zero attached hydrogens (tertiary/aromatic N) is 1. The molecule has 0 aromatic heterocycles. The van der Waals surface area contributed by atoms with Crippen molar-refractivity contribution in [1.82, 2.24) is 4.90 Å². The minimum absolute atomic E-state index is 0.0124. The summed E-state index contributed by atoms with van der Waals surface area (Å²) in [5, 5.41) is 18.3. The monoisotopic (exact) mass is 465 g/mol. The fourth-order valence-corrected chi connectivity index (χ4v) is 2.35. The van der Waals surface area contributed by atoms with E-state index in [1.165, 1.54) is 0 Å². The lowest BCUT2D eigenvalue weighted by Crippen LogP contribution is -2.42. The molecule has 12 heteroatoms. The molecular formula is C20H35NO11. The third kappa shape index (κ3) is 14.6. The van der Waals surface area contributed by atoms with E-state index in [9.17, 15) is 14.7 Å². The lowest BCUT2D eigenvalue weighted by atomic mass is 10.5. The van der Waals surface area contributed by atoms with Gasteiger partial charge in [-0.15, -0.1) is 0 Å². The molecule has 0 saturated heterocycles. The second kappa shape index (κ2) is 20.1. The number of ether oxygens (including phenoxy) is 7. The van der Waals surface area contributed by atoms with Crippen molar-refractivity contribution in [3.8, 4) is 0 Å². The van der Waals surface area contributed by atoms with Crippen LogP contribution in [0.1, 0.15) is 0 Å². The van der Waals surface area contributed by atoms with Crippen molar-refractivity contribution in [1.29, 1.82) is 0 Å². The molecule has 0 bridgehead atoms. The Morgan fingerprint density at radius 3 is 1.25 bits per heavy atom. The Morgan fingerprint density at radius 1 is 0.594 bits per heavy atom. The van der Waals surface area contributed by atoms with Crippen molar-refractivity contribution in [2.75, 3.05) is 99.1 Å². The Morgan fingerprint density at radius 2 is 0.906 bits per heavy atom. The average Bonchev–Trinajstić information content (AvgIpc) is 3.12. The third-order valence-electron chi connectivity index (χ3n) is 3.88. The minimum atomic E-state index is -1.31. The van der Waals surface area contributed by atoms with Crippen LogP contribution < -0.4 is 0 Å². The molecule has 1 heterocycles. The minimum Gasteiger partial charge on any atom is -0.394 e. The molecule has 0 spiro atoms. The summed E-state index contributed by atoms with van der Waals surface area (Å²) in [5.74, 6) is -1.11. The predicted octanol–water partition coefficient (Wildman–Crippen LogP) is -1.66. The van der Waals surface area contributed by atoms with Crippen molar-refractivity contribution >= 4 is 11.8 Å². The van der Waals surface area contributed by atoms with E-state index in [1.807, 2.05) is 0 Å². The lowest BCUT2D eigenvalue weighted by Gasteiger charge is -2.20. The summed E-state index contributed by atoms with van der Waals surface area (Å²) in [6, 6.07) is 0. The van der Waals surface area contributed by atoms with Crippen molar-refractivity contribution in [3.05, 3.63) is 12.2 Å². The lowest BCUT2D eigenvalue weighted by molar-refractivity contribution is -0.152.